The molecule has 0 spiro atoms. The van der Waals surface area contributed by atoms with Gasteiger partial charge in [0, 0.05) is 20.6 Å². The van der Waals surface area contributed by atoms with Gasteiger partial charge >= 0.3 is 0 Å². The molecular weight excluding hydrogens is 296 g/mol. The van der Waals surface area contributed by atoms with Crippen molar-refractivity contribution < 1.29 is 19.1 Å². The van der Waals surface area contributed by atoms with E-state index in [1.807, 2.05) is 31.2 Å². The molecule has 0 radical (unpaired) electrons. The zero-order valence-electron chi connectivity index (χ0n) is 13.9. The molecule has 1 N–H and O–H groups in total. The van der Waals surface area contributed by atoms with Gasteiger partial charge in [0.15, 0.2) is 0 Å². The monoisotopic (exact) mass is 320 g/mol. The Hall–Kier alpha value is -2.08. The highest BCUT2D eigenvalue weighted by Gasteiger charge is 2.41. The summed E-state index contributed by atoms with van der Waals surface area (Å²) in [5, 5.41) is 2.53. The third-order valence-corrected chi connectivity index (χ3v) is 4.08. The third kappa shape index (κ3) is 4.69. The second-order valence-corrected chi connectivity index (χ2v) is 5.97. The molecule has 126 valence electrons. The first-order chi connectivity index (χ1) is 10.9. The molecule has 1 aromatic rings. The van der Waals surface area contributed by atoms with Gasteiger partial charge in [-0.1, -0.05) is 12.1 Å². The number of benzene rings is 1. The number of carbonyl (C=O) groups is 2. The maximum atomic E-state index is 12.1. The van der Waals surface area contributed by atoms with Crippen molar-refractivity contribution in [2.75, 3.05) is 33.4 Å². The van der Waals surface area contributed by atoms with E-state index >= 15 is 0 Å². The van der Waals surface area contributed by atoms with E-state index in [0.29, 0.717) is 26.1 Å². The molecule has 6 heteroatoms. The summed E-state index contributed by atoms with van der Waals surface area (Å²) in [4.78, 5) is 24.7. The Labute approximate surface area is 136 Å². The van der Waals surface area contributed by atoms with Gasteiger partial charge in [-0.05, 0) is 31.0 Å². The number of amides is 2. The first-order valence-corrected chi connectivity index (χ1v) is 7.71. The van der Waals surface area contributed by atoms with Gasteiger partial charge in [-0.15, -0.1) is 0 Å². The summed E-state index contributed by atoms with van der Waals surface area (Å²) in [6.07, 6.45) is 0.709. The molecule has 2 rings (SSSR count). The molecule has 1 heterocycles. The Morgan fingerprint density at radius 2 is 2.17 bits per heavy atom. The quantitative estimate of drug-likeness (QED) is 0.853. The molecule has 0 aromatic heterocycles. The second kappa shape index (κ2) is 7.46. The van der Waals surface area contributed by atoms with Crippen molar-refractivity contribution in [3.8, 4) is 5.75 Å². The van der Waals surface area contributed by atoms with Crippen molar-refractivity contribution in [3.63, 3.8) is 0 Å². The fraction of sp³-hybridized carbons (Fsp3) is 0.529. The van der Waals surface area contributed by atoms with E-state index in [-0.39, 0.29) is 18.4 Å². The summed E-state index contributed by atoms with van der Waals surface area (Å²) in [6, 6.07) is 7.84. The van der Waals surface area contributed by atoms with Crippen LogP contribution in [0, 0.1) is 6.92 Å². The first kappa shape index (κ1) is 17.3. The highest BCUT2D eigenvalue weighted by atomic mass is 16.5. The standard InChI is InChI=1S/C17H24N2O4/c1-13-5-4-6-15(9-13)23-12-17(22-3)7-8-19(11-17)16(21)10-18-14(2)20/h4-6,9H,7-8,10-12H2,1-3H3,(H,18,20)/t17-/m0/s1. The molecule has 0 bridgehead atoms. The third-order valence-electron chi connectivity index (χ3n) is 4.08. The van der Waals surface area contributed by atoms with E-state index in [1.54, 1.807) is 12.0 Å². The molecule has 2 amide bonds. The Morgan fingerprint density at radius 1 is 1.39 bits per heavy atom. The smallest absolute Gasteiger partial charge is 0.242 e. The minimum absolute atomic E-state index is 0.0217. The van der Waals surface area contributed by atoms with Crippen LogP contribution in [-0.4, -0.2) is 55.7 Å². The number of rotatable bonds is 6. The molecule has 1 aliphatic heterocycles. The van der Waals surface area contributed by atoms with Gasteiger partial charge in [-0.25, -0.2) is 0 Å². The molecule has 6 nitrogen and oxygen atoms in total. The SMILES string of the molecule is CO[C@@]1(COc2cccc(C)c2)CCN(C(=O)CNC(C)=O)C1. The van der Waals surface area contributed by atoms with E-state index in [9.17, 15) is 9.59 Å². The summed E-state index contributed by atoms with van der Waals surface area (Å²) in [6.45, 7) is 4.88. The number of hydrogen-bond donors (Lipinski definition) is 1. The summed E-state index contributed by atoms with van der Waals surface area (Å²) in [7, 11) is 1.64. The fourth-order valence-electron chi connectivity index (χ4n) is 2.63. The summed E-state index contributed by atoms with van der Waals surface area (Å²) in [5.74, 6) is 0.484. The van der Waals surface area contributed by atoms with Crippen molar-refractivity contribution in [2.24, 2.45) is 0 Å². The largest absolute Gasteiger partial charge is 0.491 e. The number of aryl methyl sites for hydroxylation is 1. The summed E-state index contributed by atoms with van der Waals surface area (Å²) < 4.78 is 11.5. The van der Waals surface area contributed by atoms with Crippen LogP contribution in [-0.2, 0) is 14.3 Å². The average molecular weight is 320 g/mol. The van der Waals surface area contributed by atoms with Gasteiger partial charge in [0.05, 0.1) is 13.1 Å². The number of carbonyl (C=O) groups excluding carboxylic acids is 2. The summed E-state index contributed by atoms with van der Waals surface area (Å²) >= 11 is 0. The lowest BCUT2D eigenvalue weighted by molar-refractivity contribution is -0.133. The number of hydrogen-bond acceptors (Lipinski definition) is 4. The van der Waals surface area contributed by atoms with Crippen LogP contribution >= 0.6 is 0 Å². The highest BCUT2D eigenvalue weighted by molar-refractivity contribution is 5.83. The lowest BCUT2D eigenvalue weighted by Crippen LogP contribution is -2.44. The zero-order valence-corrected chi connectivity index (χ0v) is 13.9. The lowest BCUT2D eigenvalue weighted by Gasteiger charge is -2.28. The molecular formula is C17H24N2O4. The van der Waals surface area contributed by atoms with Crippen molar-refractivity contribution in [2.45, 2.75) is 25.9 Å². The van der Waals surface area contributed by atoms with Gasteiger partial charge in [-0.3, -0.25) is 9.59 Å². The Kier molecular flexibility index (Phi) is 5.60. The average Bonchev–Trinajstić information content (AvgIpc) is 2.96. The molecule has 1 saturated heterocycles. The number of likely N-dealkylation sites (tertiary alicyclic amines) is 1. The maximum absolute atomic E-state index is 12.1. The molecule has 0 aliphatic carbocycles. The minimum atomic E-state index is -0.504. The number of nitrogens with one attached hydrogen (secondary N) is 1. The van der Waals surface area contributed by atoms with Gasteiger partial charge in [-0.2, -0.15) is 0 Å². The van der Waals surface area contributed by atoms with E-state index in [0.717, 1.165) is 11.3 Å². The van der Waals surface area contributed by atoms with Crippen LogP contribution in [0.15, 0.2) is 24.3 Å². The van der Waals surface area contributed by atoms with Crippen LogP contribution in [0.2, 0.25) is 0 Å². The maximum Gasteiger partial charge on any atom is 0.242 e. The van der Waals surface area contributed by atoms with Gasteiger partial charge in [0.2, 0.25) is 11.8 Å². The van der Waals surface area contributed by atoms with Crippen molar-refractivity contribution in [1.29, 1.82) is 0 Å². The van der Waals surface area contributed by atoms with Crippen molar-refractivity contribution >= 4 is 11.8 Å². The highest BCUT2D eigenvalue weighted by Crippen LogP contribution is 2.26. The minimum Gasteiger partial charge on any atom is -0.491 e. The number of methoxy groups -OCH3 is 1. The first-order valence-electron chi connectivity index (χ1n) is 7.71. The number of nitrogens with zero attached hydrogens (tertiary/aromatic N) is 1. The van der Waals surface area contributed by atoms with Crippen molar-refractivity contribution in [1.82, 2.24) is 10.2 Å². The predicted octanol–water partition coefficient (Wildman–Crippen LogP) is 1.13. The predicted molar refractivity (Wildman–Crippen MR) is 86.3 cm³/mol. The summed E-state index contributed by atoms with van der Waals surface area (Å²) in [5.41, 5.74) is 0.628. The molecule has 23 heavy (non-hydrogen) atoms. The van der Waals surface area contributed by atoms with Gasteiger partial charge in [0.1, 0.15) is 18.0 Å². The van der Waals surface area contributed by atoms with Gasteiger partial charge in [0.25, 0.3) is 0 Å². The van der Waals surface area contributed by atoms with Gasteiger partial charge < -0.3 is 19.7 Å². The molecule has 0 unspecified atom stereocenters. The van der Waals surface area contributed by atoms with Crippen LogP contribution in [0.3, 0.4) is 0 Å². The lowest BCUT2D eigenvalue weighted by atomic mass is 10.0. The molecule has 1 fully saturated rings. The van der Waals surface area contributed by atoms with Crippen LogP contribution < -0.4 is 10.1 Å². The van der Waals surface area contributed by atoms with Crippen LogP contribution in [0.5, 0.6) is 5.75 Å². The molecule has 1 atom stereocenters. The van der Waals surface area contributed by atoms with Crippen LogP contribution in [0.25, 0.3) is 0 Å². The van der Waals surface area contributed by atoms with E-state index in [2.05, 4.69) is 5.32 Å². The molecule has 1 aromatic carbocycles. The van der Waals surface area contributed by atoms with Crippen molar-refractivity contribution in [3.05, 3.63) is 29.8 Å². The van der Waals surface area contributed by atoms with E-state index in [4.69, 9.17) is 9.47 Å². The van der Waals surface area contributed by atoms with Crippen LogP contribution in [0.1, 0.15) is 18.9 Å². The molecule has 0 saturated carbocycles. The number of ether oxygens (including phenoxy) is 2. The normalized spacial score (nSPS) is 20.4. The van der Waals surface area contributed by atoms with E-state index < -0.39 is 5.60 Å². The Bertz CT molecular complexity index is 575. The van der Waals surface area contributed by atoms with E-state index in [1.165, 1.54) is 6.92 Å². The Balaban J connectivity index is 1.91. The fourth-order valence-corrected chi connectivity index (χ4v) is 2.63. The topological polar surface area (TPSA) is 67.9 Å². The molecule has 1 aliphatic rings. The second-order valence-electron chi connectivity index (χ2n) is 5.97. The van der Waals surface area contributed by atoms with Crippen LogP contribution in [0.4, 0.5) is 0 Å². The zero-order chi connectivity index (χ0) is 16.9. The Morgan fingerprint density at radius 3 is 2.83 bits per heavy atom.